The van der Waals surface area contributed by atoms with E-state index in [-0.39, 0.29) is 11.8 Å². The molecule has 4 nitrogen and oxygen atoms in total. The highest BCUT2D eigenvalue weighted by Crippen LogP contribution is 2.28. The van der Waals surface area contributed by atoms with Gasteiger partial charge in [0.1, 0.15) is 5.82 Å². The first-order valence-corrected chi connectivity index (χ1v) is 6.21. The molecule has 2 rings (SSSR count). The monoisotopic (exact) mass is 233 g/mol. The van der Waals surface area contributed by atoms with Gasteiger partial charge in [-0.1, -0.05) is 6.07 Å². The Bertz CT molecular complexity index is 358. The van der Waals surface area contributed by atoms with E-state index in [9.17, 15) is 4.79 Å². The Labute approximate surface area is 102 Å². The third-order valence-electron chi connectivity index (χ3n) is 3.47. The molecule has 1 aromatic heterocycles. The van der Waals surface area contributed by atoms with Crippen LogP contribution in [0.2, 0.25) is 0 Å². The summed E-state index contributed by atoms with van der Waals surface area (Å²) in [6.07, 6.45) is 5.70. The van der Waals surface area contributed by atoms with Crippen molar-refractivity contribution in [2.75, 3.05) is 11.9 Å². The van der Waals surface area contributed by atoms with Gasteiger partial charge in [0.25, 0.3) is 0 Å². The molecule has 0 radical (unpaired) electrons. The molecule has 0 atom stereocenters. The summed E-state index contributed by atoms with van der Waals surface area (Å²) in [7, 11) is 0. The molecular formula is C13H19N3O. The molecule has 1 amide bonds. The molecule has 1 fully saturated rings. The van der Waals surface area contributed by atoms with Crippen LogP contribution in [0.15, 0.2) is 24.4 Å². The fraction of sp³-hybridized carbons (Fsp3) is 0.538. The summed E-state index contributed by atoms with van der Waals surface area (Å²) in [5.74, 6) is 1.46. The summed E-state index contributed by atoms with van der Waals surface area (Å²) in [6, 6.07) is 5.51. The SMILES string of the molecule is NCC1CCC(C(=O)Nc2ccccn2)CC1. The minimum atomic E-state index is 0.0965. The van der Waals surface area contributed by atoms with Gasteiger partial charge in [0.2, 0.25) is 5.91 Å². The van der Waals surface area contributed by atoms with E-state index in [1.54, 1.807) is 6.20 Å². The van der Waals surface area contributed by atoms with Crippen molar-refractivity contribution >= 4 is 11.7 Å². The Morgan fingerprint density at radius 3 is 2.71 bits per heavy atom. The Kier molecular flexibility index (Phi) is 4.09. The van der Waals surface area contributed by atoms with Crippen molar-refractivity contribution in [2.45, 2.75) is 25.7 Å². The zero-order valence-corrected chi connectivity index (χ0v) is 9.93. The molecule has 0 spiro atoms. The van der Waals surface area contributed by atoms with Crippen LogP contribution in [0.5, 0.6) is 0 Å². The van der Waals surface area contributed by atoms with Gasteiger partial charge in [-0.2, -0.15) is 0 Å². The predicted octanol–water partition coefficient (Wildman–Crippen LogP) is 1.79. The summed E-state index contributed by atoms with van der Waals surface area (Å²) < 4.78 is 0. The van der Waals surface area contributed by atoms with Crippen LogP contribution in [0.1, 0.15) is 25.7 Å². The lowest BCUT2D eigenvalue weighted by molar-refractivity contribution is -0.121. The van der Waals surface area contributed by atoms with Crippen LogP contribution >= 0.6 is 0 Å². The molecule has 3 N–H and O–H groups in total. The first kappa shape index (κ1) is 12.0. The Morgan fingerprint density at radius 1 is 1.35 bits per heavy atom. The molecule has 1 saturated carbocycles. The standard InChI is InChI=1S/C13H19N3O/c14-9-10-4-6-11(7-5-10)13(17)16-12-3-1-2-8-15-12/h1-3,8,10-11H,4-7,9,14H2,(H,15,16,17). The van der Waals surface area contributed by atoms with Gasteiger partial charge in [0.15, 0.2) is 0 Å². The maximum atomic E-state index is 12.0. The first-order valence-electron chi connectivity index (χ1n) is 6.21. The van der Waals surface area contributed by atoms with Gasteiger partial charge in [-0.25, -0.2) is 4.98 Å². The number of amides is 1. The lowest BCUT2D eigenvalue weighted by Gasteiger charge is -2.26. The molecule has 4 heteroatoms. The molecule has 0 aromatic carbocycles. The summed E-state index contributed by atoms with van der Waals surface area (Å²) in [5, 5.41) is 2.86. The summed E-state index contributed by atoms with van der Waals surface area (Å²) >= 11 is 0. The first-order chi connectivity index (χ1) is 8.29. The number of carbonyl (C=O) groups excluding carboxylic acids is 1. The topological polar surface area (TPSA) is 68.0 Å². The van der Waals surface area contributed by atoms with Crippen LogP contribution < -0.4 is 11.1 Å². The van der Waals surface area contributed by atoms with Gasteiger partial charge in [0.05, 0.1) is 0 Å². The van der Waals surface area contributed by atoms with Crippen LogP contribution in [-0.2, 0) is 4.79 Å². The lowest BCUT2D eigenvalue weighted by atomic mass is 9.81. The van der Waals surface area contributed by atoms with E-state index in [1.807, 2.05) is 18.2 Å². The van der Waals surface area contributed by atoms with Crippen molar-refractivity contribution in [3.63, 3.8) is 0 Å². The van der Waals surface area contributed by atoms with Crippen LogP contribution in [0.4, 0.5) is 5.82 Å². The second-order valence-electron chi connectivity index (χ2n) is 4.66. The number of carbonyl (C=O) groups is 1. The highest BCUT2D eigenvalue weighted by molar-refractivity contribution is 5.91. The third-order valence-corrected chi connectivity index (χ3v) is 3.47. The van der Waals surface area contributed by atoms with E-state index >= 15 is 0 Å². The largest absolute Gasteiger partial charge is 0.330 e. The molecule has 0 unspecified atom stereocenters. The average Bonchev–Trinajstić information content (AvgIpc) is 2.40. The van der Waals surface area contributed by atoms with Crippen molar-refractivity contribution in [3.8, 4) is 0 Å². The van der Waals surface area contributed by atoms with Crippen molar-refractivity contribution < 1.29 is 4.79 Å². The highest BCUT2D eigenvalue weighted by atomic mass is 16.1. The van der Waals surface area contributed by atoms with Crippen molar-refractivity contribution in [1.82, 2.24) is 4.98 Å². The van der Waals surface area contributed by atoms with Gasteiger partial charge in [-0.15, -0.1) is 0 Å². The molecule has 1 aromatic rings. The number of hydrogen-bond acceptors (Lipinski definition) is 3. The molecule has 92 valence electrons. The second-order valence-corrected chi connectivity index (χ2v) is 4.66. The summed E-state index contributed by atoms with van der Waals surface area (Å²) in [6.45, 7) is 0.745. The molecule has 17 heavy (non-hydrogen) atoms. The molecule has 0 aliphatic heterocycles. The summed E-state index contributed by atoms with van der Waals surface area (Å²) in [5.41, 5.74) is 5.64. The Morgan fingerprint density at radius 2 is 2.12 bits per heavy atom. The van der Waals surface area contributed by atoms with Crippen molar-refractivity contribution in [2.24, 2.45) is 17.6 Å². The van der Waals surface area contributed by atoms with Gasteiger partial charge < -0.3 is 11.1 Å². The minimum absolute atomic E-state index is 0.0965. The van der Waals surface area contributed by atoms with E-state index in [0.29, 0.717) is 11.7 Å². The van der Waals surface area contributed by atoms with Crippen LogP contribution in [-0.4, -0.2) is 17.4 Å². The van der Waals surface area contributed by atoms with E-state index < -0.39 is 0 Å². The predicted molar refractivity (Wildman–Crippen MR) is 67.4 cm³/mol. The minimum Gasteiger partial charge on any atom is -0.330 e. The zero-order chi connectivity index (χ0) is 12.1. The average molecular weight is 233 g/mol. The third kappa shape index (κ3) is 3.27. The van der Waals surface area contributed by atoms with Crippen molar-refractivity contribution in [3.05, 3.63) is 24.4 Å². The van der Waals surface area contributed by atoms with Gasteiger partial charge in [-0.3, -0.25) is 4.79 Å². The fourth-order valence-corrected chi connectivity index (χ4v) is 2.33. The van der Waals surface area contributed by atoms with Gasteiger partial charge in [0, 0.05) is 12.1 Å². The molecule has 1 aliphatic carbocycles. The number of nitrogens with zero attached hydrogens (tertiary/aromatic N) is 1. The highest BCUT2D eigenvalue weighted by Gasteiger charge is 2.25. The van der Waals surface area contributed by atoms with E-state index in [4.69, 9.17) is 5.73 Å². The fourth-order valence-electron chi connectivity index (χ4n) is 2.33. The van der Waals surface area contributed by atoms with Crippen LogP contribution in [0.3, 0.4) is 0 Å². The molecule has 1 aliphatic rings. The van der Waals surface area contributed by atoms with Gasteiger partial charge in [-0.05, 0) is 50.3 Å². The Balaban J connectivity index is 1.85. The van der Waals surface area contributed by atoms with Crippen LogP contribution in [0.25, 0.3) is 0 Å². The van der Waals surface area contributed by atoms with E-state index in [0.717, 1.165) is 32.2 Å². The van der Waals surface area contributed by atoms with Gasteiger partial charge >= 0.3 is 0 Å². The molecular weight excluding hydrogens is 214 g/mol. The second kappa shape index (κ2) is 5.77. The van der Waals surface area contributed by atoms with E-state index in [1.165, 1.54) is 0 Å². The number of aromatic nitrogens is 1. The quantitative estimate of drug-likeness (QED) is 0.836. The number of pyridine rings is 1. The number of nitrogens with one attached hydrogen (secondary N) is 1. The zero-order valence-electron chi connectivity index (χ0n) is 9.93. The van der Waals surface area contributed by atoms with E-state index in [2.05, 4.69) is 10.3 Å². The lowest BCUT2D eigenvalue weighted by Crippen LogP contribution is -2.29. The summed E-state index contributed by atoms with van der Waals surface area (Å²) in [4.78, 5) is 16.1. The van der Waals surface area contributed by atoms with Crippen molar-refractivity contribution in [1.29, 1.82) is 0 Å². The Hall–Kier alpha value is -1.42. The number of nitrogens with two attached hydrogens (primary N) is 1. The maximum Gasteiger partial charge on any atom is 0.228 e. The number of rotatable bonds is 3. The molecule has 0 bridgehead atoms. The number of hydrogen-bond donors (Lipinski definition) is 2. The maximum absolute atomic E-state index is 12.0. The number of anilines is 1. The smallest absolute Gasteiger partial charge is 0.228 e. The normalized spacial score (nSPS) is 24.3. The molecule has 1 heterocycles. The molecule has 0 saturated heterocycles. The van der Waals surface area contributed by atoms with Crippen LogP contribution in [0, 0.1) is 11.8 Å².